The van der Waals surface area contributed by atoms with E-state index in [1.165, 1.54) is 0 Å². The molecular formula is C8H10BrNO. The molecular weight excluding hydrogens is 206 g/mol. The van der Waals surface area contributed by atoms with Gasteiger partial charge in [0.2, 0.25) is 0 Å². The summed E-state index contributed by atoms with van der Waals surface area (Å²) >= 11 is 3.17. The van der Waals surface area contributed by atoms with Crippen molar-refractivity contribution in [1.82, 2.24) is 4.98 Å². The molecule has 60 valence electrons. The quantitative estimate of drug-likeness (QED) is 0.732. The standard InChI is InChI=1S/C8H10BrNO/c1-5(2)6-4-10-8(9)3-7(6)11/h3-5H,1-2H3,(H,10,11). The Labute approximate surface area is 74.4 Å². The van der Waals surface area contributed by atoms with Crippen LogP contribution in [0, 0.1) is 0 Å². The Hall–Kier alpha value is -0.570. The Morgan fingerprint density at radius 2 is 2.18 bits per heavy atom. The van der Waals surface area contributed by atoms with Gasteiger partial charge < -0.3 is 5.11 Å². The molecule has 1 heterocycles. The molecule has 0 saturated carbocycles. The topological polar surface area (TPSA) is 33.1 Å². The van der Waals surface area contributed by atoms with Gasteiger partial charge in [0.25, 0.3) is 0 Å². The summed E-state index contributed by atoms with van der Waals surface area (Å²) in [5.41, 5.74) is 0.883. The third-order valence-electron chi connectivity index (χ3n) is 1.50. The number of aromatic hydroxyl groups is 1. The molecule has 0 spiro atoms. The lowest BCUT2D eigenvalue weighted by atomic mass is 10.1. The molecule has 3 heteroatoms. The van der Waals surface area contributed by atoms with E-state index < -0.39 is 0 Å². The lowest BCUT2D eigenvalue weighted by Crippen LogP contribution is -1.89. The summed E-state index contributed by atoms with van der Waals surface area (Å²) in [6.45, 7) is 4.04. The molecule has 1 N–H and O–H groups in total. The molecule has 0 aliphatic rings. The van der Waals surface area contributed by atoms with Crippen LogP contribution in [-0.4, -0.2) is 10.1 Å². The minimum absolute atomic E-state index is 0.307. The van der Waals surface area contributed by atoms with Crippen molar-refractivity contribution in [2.24, 2.45) is 0 Å². The molecule has 11 heavy (non-hydrogen) atoms. The third-order valence-corrected chi connectivity index (χ3v) is 1.93. The zero-order valence-corrected chi connectivity index (χ0v) is 8.09. The lowest BCUT2D eigenvalue weighted by Gasteiger charge is -2.06. The van der Waals surface area contributed by atoms with Crippen LogP contribution in [0.15, 0.2) is 16.9 Å². The van der Waals surface area contributed by atoms with Crippen LogP contribution < -0.4 is 0 Å². The number of rotatable bonds is 1. The molecule has 0 aliphatic heterocycles. The maximum Gasteiger partial charge on any atom is 0.123 e. The number of nitrogens with zero attached hydrogens (tertiary/aromatic N) is 1. The molecule has 0 amide bonds. The smallest absolute Gasteiger partial charge is 0.123 e. The van der Waals surface area contributed by atoms with E-state index >= 15 is 0 Å². The first-order valence-corrected chi connectivity index (χ1v) is 4.25. The van der Waals surface area contributed by atoms with Crippen LogP contribution in [0.1, 0.15) is 25.3 Å². The summed E-state index contributed by atoms with van der Waals surface area (Å²) in [5.74, 6) is 0.623. The monoisotopic (exact) mass is 215 g/mol. The highest BCUT2D eigenvalue weighted by atomic mass is 79.9. The molecule has 0 aliphatic carbocycles. The SMILES string of the molecule is CC(C)c1cnc(Br)cc1O. The van der Waals surface area contributed by atoms with Crippen molar-refractivity contribution in [3.05, 3.63) is 22.4 Å². The van der Waals surface area contributed by atoms with E-state index in [1.54, 1.807) is 12.3 Å². The van der Waals surface area contributed by atoms with Crippen LogP contribution in [0.2, 0.25) is 0 Å². The van der Waals surface area contributed by atoms with Gasteiger partial charge in [-0.05, 0) is 21.8 Å². The average molecular weight is 216 g/mol. The highest BCUT2D eigenvalue weighted by molar-refractivity contribution is 9.10. The Morgan fingerprint density at radius 3 is 2.64 bits per heavy atom. The Bertz CT molecular complexity index is 260. The van der Waals surface area contributed by atoms with Gasteiger partial charge in [0.1, 0.15) is 10.4 Å². The summed E-state index contributed by atoms with van der Waals surface area (Å²) in [7, 11) is 0. The second-order valence-corrected chi connectivity index (χ2v) is 3.53. The number of aromatic nitrogens is 1. The van der Waals surface area contributed by atoms with Gasteiger partial charge in [-0.15, -0.1) is 0 Å². The van der Waals surface area contributed by atoms with Crippen LogP contribution in [0.3, 0.4) is 0 Å². The van der Waals surface area contributed by atoms with Gasteiger partial charge in [-0.25, -0.2) is 4.98 Å². The molecule has 1 rings (SSSR count). The van der Waals surface area contributed by atoms with Gasteiger partial charge in [0.05, 0.1) is 0 Å². The zero-order chi connectivity index (χ0) is 8.43. The van der Waals surface area contributed by atoms with Gasteiger partial charge in [0, 0.05) is 17.8 Å². The van der Waals surface area contributed by atoms with Crippen LogP contribution in [-0.2, 0) is 0 Å². The van der Waals surface area contributed by atoms with E-state index in [0.29, 0.717) is 16.3 Å². The molecule has 0 unspecified atom stereocenters. The van der Waals surface area contributed by atoms with E-state index in [2.05, 4.69) is 20.9 Å². The van der Waals surface area contributed by atoms with Crippen molar-refractivity contribution in [2.45, 2.75) is 19.8 Å². The number of hydrogen-bond acceptors (Lipinski definition) is 2. The van der Waals surface area contributed by atoms with Crippen molar-refractivity contribution in [3.8, 4) is 5.75 Å². The summed E-state index contributed by atoms with van der Waals surface area (Å²) in [4.78, 5) is 4.02. The lowest BCUT2D eigenvalue weighted by molar-refractivity contribution is 0.463. The zero-order valence-electron chi connectivity index (χ0n) is 6.50. The second kappa shape index (κ2) is 3.22. The van der Waals surface area contributed by atoms with Gasteiger partial charge >= 0.3 is 0 Å². The first kappa shape index (κ1) is 8.53. The molecule has 0 radical (unpaired) electrons. The minimum atomic E-state index is 0.307. The highest BCUT2D eigenvalue weighted by Crippen LogP contribution is 2.26. The molecule has 0 saturated heterocycles. The fraction of sp³-hybridized carbons (Fsp3) is 0.375. The molecule has 1 aromatic heterocycles. The van der Waals surface area contributed by atoms with Crippen molar-refractivity contribution in [3.63, 3.8) is 0 Å². The molecule has 2 nitrogen and oxygen atoms in total. The second-order valence-electron chi connectivity index (χ2n) is 2.72. The maximum atomic E-state index is 9.39. The Morgan fingerprint density at radius 1 is 1.55 bits per heavy atom. The van der Waals surface area contributed by atoms with Crippen molar-refractivity contribution in [1.29, 1.82) is 0 Å². The Balaban J connectivity index is 3.09. The van der Waals surface area contributed by atoms with Crippen LogP contribution in [0.5, 0.6) is 5.75 Å². The van der Waals surface area contributed by atoms with Crippen LogP contribution >= 0.6 is 15.9 Å². The highest BCUT2D eigenvalue weighted by Gasteiger charge is 2.05. The van der Waals surface area contributed by atoms with Crippen LogP contribution in [0.4, 0.5) is 0 Å². The summed E-state index contributed by atoms with van der Waals surface area (Å²) in [5, 5.41) is 9.39. The predicted octanol–water partition coefficient (Wildman–Crippen LogP) is 2.67. The van der Waals surface area contributed by atoms with E-state index in [4.69, 9.17) is 0 Å². The van der Waals surface area contributed by atoms with Gasteiger partial charge in [-0.2, -0.15) is 0 Å². The largest absolute Gasteiger partial charge is 0.508 e. The van der Waals surface area contributed by atoms with E-state index in [9.17, 15) is 5.11 Å². The normalized spacial score (nSPS) is 10.5. The average Bonchev–Trinajstić information content (AvgIpc) is 1.85. The summed E-state index contributed by atoms with van der Waals surface area (Å²) in [6, 6.07) is 1.61. The van der Waals surface area contributed by atoms with Crippen LogP contribution in [0.25, 0.3) is 0 Å². The first-order chi connectivity index (χ1) is 5.11. The number of hydrogen-bond donors (Lipinski definition) is 1. The van der Waals surface area contributed by atoms with Gasteiger partial charge in [0.15, 0.2) is 0 Å². The molecule has 0 aromatic carbocycles. The summed E-state index contributed by atoms with van der Waals surface area (Å²) < 4.78 is 0.666. The number of halogens is 1. The minimum Gasteiger partial charge on any atom is -0.508 e. The van der Waals surface area contributed by atoms with Crippen molar-refractivity contribution < 1.29 is 5.11 Å². The molecule has 0 fully saturated rings. The maximum absolute atomic E-state index is 9.39. The first-order valence-electron chi connectivity index (χ1n) is 3.45. The van der Waals surface area contributed by atoms with E-state index in [1.807, 2.05) is 13.8 Å². The van der Waals surface area contributed by atoms with Crippen molar-refractivity contribution >= 4 is 15.9 Å². The molecule has 1 aromatic rings. The van der Waals surface area contributed by atoms with E-state index in [0.717, 1.165) is 5.56 Å². The van der Waals surface area contributed by atoms with E-state index in [-0.39, 0.29) is 0 Å². The van der Waals surface area contributed by atoms with Gasteiger partial charge in [-0.1, -0.05) is 13.8 Å². The number of pyridine rings is 1. The fourth-order valence-electron chi connectivity index (χ4n) is 0.876. The fourth-order valence-corrected chi connectivity index (χ4v) is 1.19. The molecule has 0 atom stereocenters. The molecule has 0 bridgehead atoms. The third kappa shape index (κ3) is 1.93. The predicted molar refractivity (Wildman–Crippen MR) is 47.7 cm³/mol. The van der Waals surface area contributed by atoms with Crippen molar-refractivity contribution in [2.75, 3.05) is 0 Å². The summed E-state index contributed by atoms with van der Waals surface area (Å²) in [6.07, 6.45) is 1.68. The Kier molecular flexibility index (Phi) is 2.49. The van der Waals surface area contributed by atoms with Gasteiger partial charge in [-0.3, -0.25) is 0 Å².